The molecule has 0 radical (unpaired) electrons. The van der Waals surface area contributed by atoms with Crippen molar-refractivity contribution in [2.24, 2.45) is 0 Å². The highest BCUT2D eigenvalue weighted by Gasteiger charge is 2.15. The Balaban J connectivity index is 1.97. The minimum absolute atomic E-state index is 0.0106. The van der Waals surface area contributed by atoms with Crippen LogP contribution in [0.5, 0.6) is 0 Å². The monoisotopic (exact) mass is 286 g/mol. The normalized spacial score (nSPS) is 10.4. The van der Waals surface area contributed by atoms with Crippen LogP contribution in [-0.2, 0) is 11.2 Å². The summed E-state index contributed by atoms with van der Waals surface area (Å²) in [7, 11) is 0. The number of aryl methyl sites for hydroxylation is 3. The van der Waals surface area contributed by atoms with E-state index < -0.39 is 5.97 Å². The Morgan fingerprint density at radius 3 is 2.67 bits per heavy atom. The van der Waals surface area contributed by atoms with E-state index in [1.54, 1.807) is 13.0 Å². The first-order valence-corrected chi connectivity index (χ1v) is 6.74. The zero-order chi connectivity index (χ0) is 15.4. The number of rotatable bonds is 5. The molecule has 0 spiro atoms. The van der Waals surface area contributed by atoms with Gasteiger partial charge >= 0.3 is 5.97 Å². The summed E-state index contributed by atoms with van der Waals surface area (Å²) in [4.78, 5) is 25.7. The fourth-order valence-electron chi connectivity index (χ4n) is 2.19. The van der Waals surface area contributed by atoms with E-state index in [0.717, 1.165) is 11.1 Å². The number of amides is 1. The van der Waals surface area contributed by atoms with Gasteiger partial charge in [-0.15, -0.1) is 0 Å². The fourth-order valence-corrected chi connectivity index (χ4v) is 2.19. The van der Waals surface area contributed by atoms with E-state index in [4.69, 9.17) is 5.11 Å². The molecule has 0 aliphatic carbocycles. The van der Waals surface area contributed by atoms with Crippen LogP contribution in [0, 0.1) is 13.8 Å². The molecule has 1 heterocycles. The number of aromatic carboxylic acids is 1. The second-order valence-corrected chi connectivity index (χ2v) is 5.08. The molecule has 5 nitrogen and oxygen atoms in total. The molecule has 0 aliphatic heterocycles. The van der Waals surface area contributed by atoms with Gasteiger partial charge in [-0.2, -0.15) is 0 Å². The van der Waals surface area contributed by atoms with Crippen molar-refractivity contribution in [3.63, 3.8) is 0 Å². The first kappa shape index (κ1) is 14.8. The number of hydrogen-bond acceptors (Lipinski definition) is 2. The third-order valence-electron chi connectivity index (χ3n) is 3.16. The summed E-state index contributed by atoms with van der Waals surface area (Å²) in [6, 6.07) is 9.60. The molecule has 3 N–H and O–H groups in total. The van der Waals surface area contributed by atoms with E-state index in [1.165, 1.54) is 0 Å². The molecule has 0 unspecified atom stereocenters. The molecule has 2 rings (SSSR count). The topological polar surface area (TPSA) is 82.2 Å². The highest BCUT2D eigenvalue weighted by molar-refractivity contribution is 5.99. The highest BCUT2D eigenvalue weighted by atomic mass is 16.4. The third kappa shape index (κ3) is 3.95. The van der Waals surface area contributed by atoms with Crippen LogP contribution in [0.1, 0.15) is 33.7 Å². The second-order valence-electron chi connectivity index (χ2n) is 5.08. The van der Waals surface area contributed by atoms with Crippen molar-refractivity contribution in [3.05, 3.63) is 52.8 Å². The van der Waals surface area contributed by atoms with Crippen molar-refractivity contribution in [3.8, 4) is 0 Å². The number of nitrogens with one attached hydrogen (secondary N) is 2. The molecule has 5 heteroatoms. The van der Waals surface area contributed by atoms with Crippen molar-refractivity contribution in [2.45, 2.75) is 26.7 Å². The molecule has 21 heavy (non-hydrogen) atoms. The number of carbonyl (C=O) groups is 2. The SMILES string of the molecule is Cc1cccc(CCC(=O)Nc2cc(C)[nH]c2C(=O)O)c1. The highest BCUT2D eigenvalue weighted by Crippen LogP contribution is 2.17. The zero-order valence-corrected chi connectivity index (χ0v) is 12.1. The van der Waals surface area contributed by atoms with Gasteiger partial charge in [-0.25, -0.2) is 4.79 Å². The summed E-state index contributed by atoms with van der Waals surface area (Å²) in [6.07, 6.45) is 0.937. The molecule has 0 aliphatic rings. The van der Waals surface area contributed by atoms with Crippen molar-refractivity contribution in [1.29, 1.82) is 0 Å². The minimum atomic E-state index is -1.09. The number of H-pyrrole nitrogens is 1. The summed E-state index contributed by atoms with van der Waals surface area (Å²) in [5, 5.41) is 11.7. The average Bonchev–Trinajstić information content (AvgIpc) is 2.77. The van der Waals surface area contributed by atoms with Crippen LogP contribution >= 0.6 is 0 Å². The minimum Gasteiger partial charge on any atom is -0.477 e. The third-order valence-corrected chi connectivity index (χ3v) is 3.16. The Morgan fingerprint density at radius 2 is 2.00 bits per heavy atom. The van der Waals surface area contributed by atoms with E-state index in [0.29, 0.717) is 24.2 Å². The van der Waals surface area contributed by atoms with E-state index >= 15 is 0 Å². The first-order valence-electron chi connectivity index (χ1n) is 6.74. The second kappa shape index (κ2) is 6.26. The van der Waals surface area contributed by atoms with Crippen LogP contribution in [0.15, 0.2) is 30.3 Å². The molecule has 1 aromatic heterocycles. The fraction of sp³-hybridized carbons (Fsp3) is 0.250. The molecular weight excluding hydrogens is 268 g/mol. The number of aromatic nitrogens is 1. The van der Waals surface area contributed by atoms with Crippen molar-refractivity contribution in [2.75, 3.05) is 5.32 Å². The number of anilines is 1. The van der Waals surface area contributed by atoms with Crippen LogP contribution in [0.4, 0.5) is 5.69 Å². The van der Waals surface area contributed by atoms with Crippen molar-refractivity contribution in [1.82, 2.24) is 4.98 Å². The zero-order valence-electron chi connectivity index (χ0n) is 12.1. The van der Waals surface area contributed by atoms with Gasteiger partial charge in [-0.05, 0) is 31.9 Å². The molecule has 1 amide bonds. The number of carbonyl (C=O) groups excluding carboxylic acids is 1. The van der Waals surface area contributed by atoms with Gasteiger partial charge in [0.05, 0.1) is 5.69 Å². The summed E-state index contributed by atoms with van der Waals surface area (Å²) in [6.45, 7) is 3.75. The van der Waals surface area contributed by atoms with Gasteiger partial charge in [0.15, 0.2) is 0 Å². The van der Waals surface area contributed by atoms with E-state index in [9.17, 15) is 9.59 Å². The molecule has 0 saturated carbocycles. The maximum absolute atomic E-state index is 11.9. The smallest absolute Gasteiger partial charge is 0.354 e. The Hall–Kier alpha value is -2.56. The van der Waals surface area contributed by atoms with Gasteiger partial charge in [0, 0.05) is 12.1 Å². The summed E-state index contributed by atoms with van der Waals surface area (Å²) < 4.78 is 0. The summed E-state index contributed by atoms with van der Waals surface area (Å²) in [5.41, 5.74) is 3.27. The lowest BCUT2D eigenvalue weighted by Gasteiger charge is -2.05. The molecule has 0 fully saturated rings. The van der Waals surface area contributed by atoms with Crippen LogP contribution in [0.2, 0.25) is 0 Å². The predicted octanol–water partition coefficient (Wildman–Crippen LogP) is 2.90. The van der Waals surface area contributed by atoms with Gasteiger partial charge in [0.25, 0.3) is 0 Å². The Labute approximate surface area is 123 Å². The largest absolute Gasteiger partial charge is 0.477 e. The molecule has 2 aromatic rings. The Morgan fingerprint density at radius 1 is 1.24 bits per heavy atom. The Bertz CT molecular complexity index is 674. The molecular formula is C16H18N2O3. The number of benzene rings is 1. The van der Waals surface area contributed by atoms with Crippen LogP contribution in [0.3, 0.4) is 0 Å². The number of aromatic amines is 1. The van der Waals surface area contributed by atoms with Gasteiger partial charge in [0.1, 0.15) is 5.69 Å². The van der Waals surface area contributed by atoms with Crippen molar-refractivity contribution >= 4 is 17.6 Å². The molecule has 110 valence electrons. The number of carboxylic acids is 1. The van der Waals surface area contributed by atoms with E-state index in [2.05, 4.69) is 10.3 Å². The molecule has 0 atom stereocenters. The molecule has 1 aromatic carbocycles. The average molecular weight is 286 g/mol. The lowest BCUT2D eigenvalue weighted by atomic mass is 10.1. The number of hydrogen-bond donors (Lipinski definition) is 3. The quantitative estimate of drug-likeness (QED) is 0.790. The van der Waals surface area contributed by atoms with Gasteiger partial charge < -0.3 is 15.4 Å². The van der Waals surface area contributed by atoms with Crippen molar-refractivity contribution < 1.29 is 14.7 Å². The number of carboxylic acid groups (broad SMARTS) is 1. The van der Waals surface area contributed by atoms with E-state index in [1.807, 2.05) is 31.2 Å². The first-order chi connectivity index (χ1) is 9.95. The van der Waals surface area contributed by atoms with Crippen LogP contribution in [-0.4, -0.2) is 22.0 Å². The van der Waals surface area contributed by atoms with E-state index in [-0.39, 0.29) is 11.6 Å². The maximum Gasteiger partial charge on any atom is 0.354 e. The van der Waals surface area contributed by atoms with Gasteiger partial charge in [0.2, 0.25) is 5.91 Å². The lowest BCUT2D eigenvalue weighted by molar-refractivity contribution is -0.116. The standard InChI is InChI=1S/C16H18N2O3/c1-10-4-3-5-12(8-10)6-7-14(19)18-13-9-11(2)17-15(13)16(20)21/h3-5,8-9,17H,6-7H2,1-2H3,(H,18,19)(H,20,21). The Kier molecular flexibility index (Phi) is 4.42. The lowest BCUT2D eigenvalue weighted by Crippen LogP contribution is -2.14. The summed E-state index contributed by atoms with van der Waals surface area (Å²) >= 11 is 0. The van der Waals surface area contributed by atoms with Gasteiger partial charge in [-0.3, -0.25) is 4.79 Å². The van der Waals surface area contributed by atoms with Gasteiger partial charge in [-0.1, -0.05) is 29.8 Å². The maximum atomic E-state index is 11.9. The summed E-state index contributed by atoms with van der Waals surface area (Å²) in [5.74, 6) is -1.28. The predicted molar refractivity (Wildman–Crippen MR) is 80.6 cm³/mol. The van der Waals surface area contributed by atoms with Crippen LogP contribution < -0.4 is 5.32 Å². The van der Waals surface area contributed by atoms with Crippen LogP contribution in [0.25, 0.3) is 0 Å². The molecule has 0 saturated heterocycles. The molecule has 0 bridgehead atoms.